The van der Waals surface area contributed by atoms with Crippen molar-refractivity contribution in [1.82, 2.24) is 4.40 Å². The van der Waals surface area contributed by atoms with Crippen molar-refractivity contribution in [3.05, 3.63) is 198 Å². The van der Waals surface area contributed by atoms with Crippen molar-refractivity contribution in [3.8, 4) is 22.4 Å². The van der Waals surface area contributed by atoms with Gasteiger partial charge in [-0.1, -0.05) is 121 Å². The van der Waals surface area contributed by atoms with Crippen LogP contribution < -0.4 is 9.13 Å². The highest BCUT2D eigenvalue weighted by Crippen LogP contribution is 2.65. The van der Waals surface area contributed by atoms with Crippen LogP contribution in [0, 0.1) is 0 Å². The quantitative estimate of drug-likeness (QED) is 0.115. The molecule has 0 fully saturated rings. The summed E-state index contributed by atoms with van der Waals surface area (Å²) in [7, 11) is 0. The van der Waals surface area contributed by atoms with Gasteiger partial charge in [0.15, 0.2) is 6.20 Å². The standard InChI is InChI=1S/C48H27N3/c1-3-16-32-28(12-1)29-13-2-4-17-33(29)45-41(32)35-23-24-39-44-42(35)46-49(45)26-27-51(46)48(44)43-34(40-22-9-10-25-50(40)48)18-11-21-38(43)47(39)36-19-7-5-14-30(36)31-15-6-8-20-37(31)47/h1-27H/q+2. The minimum Gasteiger partial charge on any atom is -0.194 e. The van der Waals surface area contributed by atoms with E-state index in [2.05, 4.69) is 178 Å². The number of nitrogens with zero attached hydrogens (tertiary/aromatic N) is 3. The molecule has 1 atom stereocenters. The molecule has 0 N–H and O–H groups in total. The monoisotopic (exact) mass is 645 g/mol. The summed E-state index contributed by atoms with van der Waals surface area (Å²) < 4.78 is 7.72. The first-order valence-electron chi connectivity index (χ1n) is 18.0. The van der Waals surface area contributed by atoms with Gasteiger partial charge in [0.25, 0.3) is 0 Å². The molecule has 2 aliphatic heterocycles. The van der Waals surface area contributed by atoms with Crippen LogP contribution in [0.2, 0.25) is 0 Å². The van der Waals surface area contributed by atoms with E-state index in [1.165, 1.54) is 105 Å². The molecule has 0 saturated carbocycles. The van der Waals surface area contributed by atoms with Gasteiger partial charge in [-0.05, 0) is 61.7 Å². The van der Waals surface area contributed by atoms with Crippen molar-refractivity contribution in [2.45, 2.75) is 11.1 Å². The predicted octanol–water partition coefficient (Wildman–Crippen LogP) is 9.40. The average molecular weight is 646 g/mol. The van der Waals surface area contributed by atoms with Gasteiger partial charge in [-0.2, -0.15) is 8.97 Å². The minimum atomic E-state index is -0.574. The van der Waals surface area contributed by atoms with Gasteiger partial charge in [0.05, 0.1) is 27.5 Å². The van der Waals surface area contributed by atoms with Crippen LogP contribution >= 0.6 is 0 Å². The molecule has 2 spiro atoms. The number of benzene rings is 7. The Kier molecular flexibility index (Phi) is 4.02. The maximum Gasteiger partial charge on any atom is 0.364 e. The normalized spacial score (nSPS) is 17.6. The molecule has 1 unspecified atom stereocenters. The summed E-state index contributed by atoms with van der Waals surface area (Å²) in [5, 5.41) is 9.19. The van der Waals surface area contributed by atoms with E-state index in [0.29, 0.717) is 0 Å². The lowest BCUT2D eigenvalue weighted by atomic mass is 9.58. The predicted molar refractivity (Wildman–Crippen MR) is 202 cm³/mol. The molecular weight excluding hydrogens is 619 g/mol. The van der Waals surface area contributed by atoms with Gasteiger partial charge >= 0.3 is 11.3 Å². The molecular formula is C48H27N3+2. The largest absolute Gasteiger partial charge is 0.364 e. The molecule has 0 bridgehead atoms. The molecule has 7 aromatic carbocycles. The van der Waals surface area contributed by atoms with E-state index in [-0.39, 0.29) is 0 Å². The fraction of sp³-hybridized carbons (Fsp3) is 0.0417. The van der Waals surface area contributed by atoms with Crippen LogP contribution in [0.5, 0.6) is 0 Å². The maximum absolute atomic E-state index is 2.62. The number of fused-ring (bicyclic) bond motifs is 17. The Labute approximate surface area is 292 Å². The third-order valence-electron chi connectivity index (χ3n) is 13.0. The topological polar surface area (TPSA) is 12.2 Å². The molecule has 0 saturated heterocycles. The van der Waals surface area contributed by atoms with Crippen LogP contribution in [0.1, 0.15) is 33.4 Å². The lowest BCUT2D eigenvalue weighted by Gasteiger charge is -2.42. The van der Waals surface area contributed by atoms with Crippen molar-refractivity contribution in [1.29, 1.82) is 0 Å². The molecule has 3 heteroatoms. The number of hydrogen-bond donors (Lipinski definition) is 0. The SMILES string of the molecule is c1ccc2c(c1)-c1ccccc1C21c2cccc3c2C2(c4c1ccc1c4c4n(cc[n+]42)c2c4ccccc4c4ccccc4c12)[n+]1ccccc1-3. The number of aromatic nitrogens is 3. The number of pyridine rings is 2. The first-order chi connectivity index (χ1) is 25.3. The Bertz CT molecular complexity index is 3280. The molecule has 0 radical (unpaired) electrons. The molecule has 3 nitrogen and oxygen atoms in total. The van der Waals surface area contributed by atoms with Crippen molar-refractivity contribution >= 4 is 48.9 Å². The molecule has 4 aliphatic rings. The molecule has 14 rings (SSSR count). The van der Waals surface area contributed by atoms with Crippen molar-refractivity contribution in [2.24, 2.45) is 0 Å². The van der Waals surface area contributed by atoms with Crippen molar-refractivity contribution in [3.63, 3.8) is 0 Å². The zero-order valence-corrected chi connectivity index (χ0v) is 27.4. The van der Waals surface area contributed by atoms with Gasteiger partial charge in [0.2, 0.25) is 5.69 Å². The molecule has 2 aliphatic carbocycles. The van der Waals surface area contributed by atoms with E-state index < -0.39 is 11.1 Å². The summed E-state index contributed by atoms with van der Waals surface area (Å²) in [5.41, 5.74) is 15.1. The fourth-order valence-corrected chi connectivity index (χ4v) is 11.5. The molecule has 0 amide bonds. The molecule has 3 aromatic heterocycles. The summed E-state index contributed by atoms with van der Waals surface area (Å²) in [4.78, 5) is 0. The van der Waals surface area contributed by atoms with Crippen LogP contribution in [0.4, 0.5) is 0 Å². The van der Waals surface area contributed by atoms with Crippen LogP contribution in [0.3, 0.4) is 0 Å². The highest BCUT2D eigenvalue weighted by Gasteiger charge is 2.71. The number of imidazole rings is 1. The second-order valence-corrected chi connectivity index (χ2v) is 14.8. The summed E-state index contributed by atoms with van der Waals surface area (Å²) in [6, 6.07) is 55.2. The fourth-order valence-electron chi connectivity index (χ4n) is 11.5. The summed E-state index contributed by atoms with van der Waals surface area (Å²) in [6.45, 7) is 0. The first kappa shape index (κ1) is 25.4. The van der Waals surface area contributed by atoms with Gasteiger partial charge in [-0.25, -0.2) is 0 Å². The van der Waals surface area contributed by atoms with Crippen molar-refractivity contribution < 1.29 is 9.13 Å². The van der Waals surface area contributed by atoms with Gasteiger partial charge in [0.1, 0.15) is 17.9 Å². The van der Waals surface area contributed by atoms with Crippen LogP contribution in [0.25, 0.3) is 71.3 Å². The highest BCUT2D eigenvalue weighted by atomic mass is 15.3. The summed E-state index contributed by atoms with van der Waals surface area (Å²) in [6.07, 6.45) is 7.02. The van der Waals surface area contributed by atoms with E-state index in [1.54, 1.807) is 0 Å². The third kappa shape index (κ3) is 2.39. The van der Waals surface area contributed by atoms with Gasteiger partial charge in [0, 0.05) is 28.3 Å². The Morgan fingerprint density at radius 1 is 0.412 bits per heavy atom. The molecule has 232 valence electrons. The Morgan fingerprint density at radius 2 is 1.04 bits per heavy atom. The molecule has 5 heterocycles. The highest BCUT2D eigenvalue weighted by molar-refractivity contribution is 6.32. The average Bonchev–Trinajstić information content (AvgIpc) is 3.93. The van der Waals surface area contributed by atoms with E-state index >= 15 is 0 Å². The lowest BCUT2D eigenvalue weighted by molar-refractivity contribution is -0.950. The zero-order chi connectivity index (χ0) is 32.8. The van der Waals surface area contributed by atoms with E-state index in [9.17, 15) is 0 Å². The summed E-state index contributed by atoms with van der Waals surface area (Å²) in [5.74, 6) is 0. The van der Waals surface area contributed by atoms with Crippen LogP contribution in [-0.2, 0) is 11.1 Å². The van der Waals surface area contributed by atoms with Gasteiger partial charge in [-0.15, -0.1) is 4.57 Å². The molecule has 10 aromatic rings. The Balaban J connectivity index is 1.32. The second kappa shape index (κ2) is 8.07. The Hall–Kier alpha value is -6.58. The van der Waals surface area contributed by atoms with Crippen molar-refractivity contribution in [2.75, 3.05) is 0 Å². The lowest BCUT2D eigenvalue weighted by Crippen LogP contribution is -2.73. The number of rotatable bonds is 0. The zero-order valence-electron chi connectivity index (χ0n) is 27.4. The first-order valence-corrected chi connectivity index (χ1v) is 18.0. The summed E-state index contributed by atoms with van der Waals surface area (Å²) >= 11 is 0. The minimum absolute atomic E-state index is 0.463. The number of hydrogen-bond acceptors (Lipinski definition) is 0. The van der Waals surface area contributed by atoms with E-state index in [4.69, 9.17) is 0 Å². The molecule has 51 heavy (non-hydrogen) atoms. The second-order valence-electron chi connectivity index (χ2n) is 14.8. The van der Waals surface area contributed by atoms with E-state index in [1.807, 2.05) is 0 Å². The van der Waals surface area contributed by atoms with Gasteiger partial charge < -0.3 is 0 Å². The third-order valence-corrected chi connectivity index (χ3v) is 13.0. The van der Waals surface area contributed by atoms with Gasteiger partial charge in [-0.3, -0.25) is 0 Å². The van der Waals surface area contributed by atoms with E-state index in [0.717, 1.165) is 0 Å². The Morgan fingerprint density at radius 3 is 1.84 bits per heavy atom. The van der Waals surface area contributed by atoms with Crippen LogP contribution in [0.15, 0.2) is 164 Å². The van der Waals surface area contributed by atoms with Crippen LogP contribution in [-0.4, -0.2) is 4.40 Å². The maximum atomic E-state index is 2.62. The smallest absolute Gasteiger partial charge is 0.194 e.